The zero-order valence-corrected chi connectivity index (χ0v) is 14.9. The summed E-state index contributed by atoms with van der Waals surface area (Å²) < 4.78 is 11.2. The second-order valence-corrected chi connectivity index (χ2v) is 5.61. The van der Waals surface area contributed by atoms with Crippen molar-refractivity contribution in [1.82, 2.24) is 0 Å². The Balaban J connectivity index is 2.21. The van der Waals surface area contributed by atoms with Crippen LogP contribution < -0.4 is 14.8 Å². The predicted octanol–water partition coefficient (Wildman–Crippen LogP) is 4.65. The molecule has 2 aromatic carbocycles. The van der Waals surface area contributed by atoms with Gasteiger partial charge in [0.15, 0.2) is 11.5 Å². The molecule has 25 heavy (non-hydrogen) atoms. The number of carbonyl (C=O) groups is 1. The molecule has 0 atom stereocenters. The molecule has 0 radical (unpaired) electrons. The van der Waals surface area contributed by atoms with Crippen molar-refractivity contribution in [2.24, 2.45) is 0 Å². The lowest BCUT2D eigenvalue weighted by Crippen LogP contribution is -2.12. The number of hydrogen-bond acceptors (Lipinski definition) is 4. The molecule has 0 fully saturated rings. The van der Waals surface area contributed by atoms with Crippen LogP contribution in [0.1, 0.15) is 36.2 Å². The van der Waals surface area contributed by atoms with Crippen molar-refractivity contribution in [3.63, 3.8) is 0 Å². The van der Waals surface area contributed by atoms with Crippen LogP contribution >= 0.6 is 11.6 Å². The minimum atomic E-state index is -0.311. The van der Waals surface area contributed by atoms with Gasteiger partial charge in [-0.1, -0.05) is 18.5 Å². The van der Waals surface area contributed by atoms with Gasteiger partial charge in [-0.15, -0.1) is 0 Å². The Bertz CT molecular complexity index is 800. The Morgan fingerprint density at radius 2 is 1.96 bits per heavy atom. The van der Waals surface area contributed by atoms with Crippen LogP contribution in [0.5, 0.6) is 11.5 Å². The summed E-state index contributed by atoms with van der Waals surface area (Å²) in [4.78, 5) is 12.5. The van der Waals surface area contributed by atoms with Crippen LogP contribution in [-0.2, 0) is 0 Å². The van der Waals surface area contributed by atoms with E-state index in [4.69, 9.17) is 26.3 Å². The van der Waals surface area contributed by atoms with Crippen LogP contribution in [0.15, 0.2) is 36.4 Å². The molecule has 0 heterocycles. The number of carbonyl (C=O) groups excluding carboxylic acids is 1. The van der Waals surface area contributed by atoms with E-state index in [-0.39, 0.29) is 5.91 Å². The van der Waals surface area contributed by atoms with Gasteiger partial charge in [0.2, 0.25) is 0 Å². The number of anilines is 1. The molecule has 0 spiro atoms. The van der Waals surface area contributed by atoms with Gasteiger partial charge in [-0.25, -0.2) is 0 Å². The normalized spacial score (nSPS) is 10.0. The van der Waals surface area contributed by atoms with Gasteiger partial charge in [-0.3, -0.25) is 4.79 Å². The molecule has 1 amide bonds. The molecule has 0 aromatic heterocycles. The lowest BCUT2D eigenvalue weighted by Gasteiger charge is -2.13. The molecule has 6 heteroatoms. The number of nitrogens with zero attached hydrogens (tertiary/aromatic N) is 1. The van der Waals surface area contributed by atoms with Crippen LogP contribution in [0.2, 0.25) is 5.02 Å². The number of hydrogen-bond donors (Lipinski definition) is 1. The zero-order valence-electron chi connectivity index (χ0n) is 14.1. The number of nitriles is 1. The van der Waals surface area contributed by atoms with Gasteiger partial charge >= 0.3 is 0 Å². The third-order valence-corrected chi connectivity index (χ3v) is 3.64. The number of benzene rings is 2. The summed E-state index contributed by atoms with van der Waals surface area (Å²) >= 11 is 5.90. The van der Waals surface area contributed by atoms with E-state index in [1.54, 1.807) is 30.3 Å². The first kappa shape index (κ1) is 18.6. The fourth-order valence-electron chi connectivity index (χ4n) is 2.14. The van der Waals surface area contributed by atoms with Gasteiger partial charge in [-0.2, -0.15) is 5.26 Å². The van der Waals surface area contributed by atoms with E-state index in [1.165, 1.54) is 6.07 Å². The predicted molar refractivity (Wildman–Crippen MR) is 97.5 cm³/mol. The Hall–Kier alpha value is -2.71. The minimum absolute atomic E-state index is 0.304. The Kier molecular flexibility index (Phi) is 6.67. The molecule has 130 valence electrons. The summed E-state index contributed by atoms with van der Waals surface area (Å²) in [6.07, 6.45) is 0.881. The minimum Gasteiger partial charge on any atom is -0.490 e. The van der Waals surface area contributed by atoms with Crippen molar-refractivity contribution in [1.29, 1.82) is 5.26 Å². The lowest BCUT2D eigenvalue weighted by atomic mass is 10.1. The van der Waals surface area contributed by atoms with Gasteiger partial charge in [-0.05, 0) is 49.7 Å². The molecule has 0 bridgehead atoms. The number of rotatable bonds is 7. The summed E-state index contributed by atoms with van der Waals surface area (Å²) in [6.45, 7) is 4.93. The van der Waals surface area contributed by atoms with Crippen LogP contribution in [0.3, 0.4) is 0 Å². The molecule has 0 saturated heterocycles. The second kappa shape index (κ2) is 8.95. The highest BCUT2D eigenvalue weighted by molar-refractivity contribution is 6.31. The van der Waals surface area contributed by atoms with Gasteiger partial charge in [0.1, 0.15) is 6.07 Å². The van der Waals surface area contributed by atoms with Crippen LogP contribution in [0, 0.1) is 11.3 Å². The van der Waals surface area contributed by atoms with Gasteiger partial charge in [0, 0.05) is 11.3 Å². The zero-order chi connectivity index (χ0) is 18.2. The first-order valence-corrected chi connectivity index (χ1v) is 8.37. The van der Waals surface area contributed by atoms with E-state index in [0.29, 0.717) is 46.5 Å². The number of halogens is 1. The molecule has 1 N–H and O–H groups in total. The fraction of sp³-hybridized carbons (Fsp3) is 0.263. The SMILES string of the molecule is CCCOc1ccc(C(=O)Nc2ccc(Cl)c(C#N)c2)cc1OCC. The molecule has 2 aromatic rings. The monoisotopic (exact) mass is 358 g/mol. The van der Waals surface area contributed by atoms with Crippen molar-refractivity contribution in [3.8, 4) is 17.6 Å². The molecule has 0 aliphatic carbocycles. The van der Waals surface area contributed by atoms with E-state index < -0.39 is 0 Å². The summed E-state index contributed by atoms with van der Waals surface area (Å²) in [7, 11) is 0. The molecule has 0 saturated carbocycles. The van der Waals surface area contributed by atoms with Gasteiger partial charge < -0.3 is 14.8 Å². The number of nitrogens with one attached hydrogen (secondary N) is 1. The maximum atomic E-state index is 12.5. The Morgan fingerprint density at radius 3 is 2.64 bits per heavy atom. The average molecular weight is 359 g/mol. The lowest BCUT2D eigenvalue weighted by molar-refractivity contribution is 0.102. The topological polar surface area (TPSA) is 71.3 Å². The van der Waals surface area contributed by atoms with Crippen molar-refractivity contribution in [2.75, 3.05) is 18.5 Å². The number of ether oxygens (including phenoxy) is 2. The molecule has 0 aliphatic heterocycles. The third-order valence-electron chi connectivity index (χ3n) is 3.31. The van der Waals surface area contributed by atoms with Crippen molar-refractivity contribution in [2.45, 2.75) is 20.3 Å². The first-order chi connectivity index (χ1) is 12.1. The molecule has 0 unspecified atom stereocenters. The van der Waals surface area contributed by atoms with E-state index in [1.807, 2.05) is 19.9 Å². The van der Waals surface area contributed by atoms with Crippen LogP contribution in [0.4, 0.5) is 5.69 Å². The highest BCUT2D eigenvalue weighted by atomic mass is 35.5. The van der Waals surface area contributed by atoms with Crippen LogP contribution in [0.25, 0.3) is 0 Å². The van der Waals surface area contributed by atoms with Crippen molar-refractivity contribution in [3.05, 3.63) is 52.5 Å². The maximum absolute atomic E-state index is 12.5. The Morgan fingerprint density at radius 1 is 1.16 bits per heavy atom. The molecule has 2 rings (SSSR count). The summed E-state index contributed by atoms with van der Waals surface area (Å²) in [5, 5.41) is 12.1. The molecule has 5 nitrogen and oxygen atoms in total. The third kappa shape index (κ3) is 4.88. The smallest absolute Gasteiger partial charge is 0.255 e. The Labute approximate surface area is 152 Å². The highest BCUT2D eigenvalue weighted by Gasteiger charge is 2.12. The highest BCUT2D eigenvalue weighted by Crippen LogP contribution is 2.29. The first-order valence-electron chi connectivity index (χ1n) is 7.99. The largest absolute Gasteiger partial charge is 0.490 e. The van der Waals surface area contributed by atoms with E-state index in [9.17, 15) is 4.79 Å². The molecular weight excluding hydrogens is 340 g/mol. The van der Waals surface area contributed by atoms with Crippen molar-refractivity contribution < 1.29 is 14.3 Å². The van der Waals surface area contributed by atoms with Crippen molar-refractivity contribution >= 4 is 23.2 Å². The standard InChI is InChI=1S/C19H19ClN2O3/c1-3-9-25-17-8-5-13(11-18(17)24-4-2)19(23)22-15-6-7-16(20)14(10-15)12-21/h5-8,10-11H,3-4,9H2,1-2H3,(H,22,23). The fourth-order valence-corrected chi connectivity index (χ4v) is 2.30. The van der Waals surface area contributed by atoms with Gasteiger partial charge in [0.05, 0.1) is 23.8 Å². The van der Waals surface area contributed by atoms with E-state index in [2.05, 4.69) is 5.32 Å². The summed E-state index contributed by atoms with van der Waals surface area (Å²) in [5.74, 6) is 0.824. The van der Waals surface area contributed by atoms with Gasteiger partial charge in [0.25, 0.3) is 5.91 Å². The molecule has 0 aliphatic rings. The summed E-state index contributed by atoms with van der Waals surface area (Å²) in [5.41, 5.74) is 1.23. The summed E-state index contributed by atoms with van der Waals surface area (Å²) in [6, 6.07) is 11.8. The quantitative estimate of drug-likeness (QED) is 0.781. The second-order valence-electron chi connectivity index (χ2n) is 5.20. The van der Waals surface area contributed by atoms with E-state index >= 15 is 0 Å². The number of amides is 1. The molecular formula is C19H19ClN2O3. The average Bonchev–Trinajstić information content (AvgIpc) is 2.62. The van der Waals surface area contributed by atoms with E-state index in [0.717, 1.165) is 6.42 Å². The maximum Gasteiger partial charge on any atom is 0.255 e. The van der Waals surface area contributed by atoms with Crippen LogP contribution in [-0.4, -0.2) is 19.1 Å².